The van der Waals surface area contributed by atoms with Gasteiger partial charge in [0.15, 0.2) is 0 Å². The normalized spacial score (nSPS) is 19.7. The number of hydrogen-bond acceptors (Lipinski definition) is 3. The number of pyridine rings is 1. The van der Waals surface area contributed by atoms with Gasteiger partial charge in [0.1, 0.15) is 0 Å². The van der Waals surface area contributed by atoms with Crippen LogP contribution in [0.15, 0.2) is 28.9 Å². The molecule has 2 heterocycles. The van der Waals surface area contributed by atoms with E-state index in [1.165, 1.54) is 0 Å². The van der Waals surface area contributed by atoms with E-state index in [0.717, 1.165) is 34.0 Å². The number of fused-ring (bicyclic) bond motifs is 1. The molecule has 1 aliphatic rings. The molecule has 0 radical (unpaired) electrons. The number of aliphatic hydroxyl groups is 1. The van der Waals surface area contributed by atoms with Crippen LogP contribution in [0.5, 0.6) is 0 Å². The Morgan fingerprint density at radius 3 is 3.00 bits per heavy atom. The fourth-order valence-electron chi connectivity index (χ4n) is 2.40. The maximum absolute atomic E-state index is 9.65. The number of aromatic nitrogens is 1. The van der Waals surface area contributed by atoms with Gasteiger partial charge in [-0.05, 0) is 24.6 Å². The quantitative estimate of drug-likeness (QED) is 0.873. The SMILES string of the molecule is O[C@@H]1CCN(c2ccnc3c(Cl)cc(Br)cc23)C1. The third-order valence-electron chi connectivity index (χ3n) is 3.24. The topological polar surface area (TPSA) is 36.4 Å². The van der Waals surface area contributed by atoms with Gasteiger partial charge in [-0.25, -0.2) is 0 Å². The van der Waals surface area contributed by atoms with E-state index < -0.39 is 0 Å². The molecule has 1 atom stereocenters. The molecule has 0 unspecified atom stereocenters. The first-order valence-corrected chi connectivity index (χ1v) is 6.99. The Morgan fingerprint density at radius 2 is 2.28 bits per heavy atom. The van der Waals surface area contributed by atoms with Crippen molar-refractivity contribution in [3.63, 3.8) is 0 Å². The average Bonchev–Trinajstić information content (AvgIpc) is 2.75. The third kappa shape index (κ3) is 2.09. The Balaban J connectivity index is 2.17. The third-order valence-corrected chi connectivity index (χ3v) is 3.99. The molecule has 2 aromatic rings. The van der Waals surface area contributed by atoms with Crippen LogP contribution in [0, 0.1) is 0 Å². The standard InChI is InChI=1S/C13H12BrClN2O/c14-8-5-10-12(17-4-2-9(18)7-17)1-3-16-13(10)11(15)6-8/h1,3,5-6,9,18H,2,4,7H2/t9-/m1/s1. The Hall–Kier alpha value is -0.840. The fourth-order valence-corrected chi connectivity index (χ4v) is 3.26. The van der Waals surface area contributed by atoms with Gasteiger partial charge >= 0.3 is 0 Å². The van der Waals surface area contributed by atoms with E-state index in [1.807, 2.05) is 18.2 Å². The van der Waals surface area contributed by atoms with Gasteiger partial charge in [-0.3, -0.25) is 4.98 Å². The minimum atomic E-state index is -0.240. The van der Waals surface area contributed by atoms with Gasteiger partial charge in [-0.1, -0.05) is 27.5 Å². The lowest BCUT2D eigenvalue weighted by Crippen LogP contribution is -2.21. The molecule has 1 saturated heterocycles. The molecule has 3 nitrogen and oxygen atoms in total. The van der Waals surface area contributed by atoms with Gasteiger partial charge < -0.3 is 10.0 Å². The van der Waals surface area contributed by atoms with Crippen molar-refractivity contribution in [1.29, 1.82) is 0 Å². The molecule has 0 spiro atoms. The maximum Gasteiger partial charge on any atom is 0.0909 e. The van der Waals surface area contributed by atoms with Crippen molar-refractivity contribution in [1.82, 2.24) is 4.98 Å². The van der Waals surface area contributed by atoms with Crippen LogP contribution in [0.4, 0.5) is 5.69 Å². The molecule has 1 N–H and O–H groups in total. The second kappa shape index (κ2) is 4.68. The summed E-state index contributed by atoms with van der Waals surface area (Å²) in [7, 11) is 0. The van der Waals surface area contributed by atoms with E-state index in [9.17, 15) is 5.11 Å². The first-order valence-electron chi connectivity index (χ1n) is 5.82. The monoisotopic (exact) mass is 326 g/mol. The largest absolute Gasteiger partial charge is 0.391 e. The molecule has 0 bridgehead atoms. The van der Waals surface area contributed by atoms with E-state index in [-0.39, 0.29) is 6.10 Å². The van der Waals surface area contributed by atoms with E-state index in [4.69, 9.17) is 11.6 Å². The summed E-state index contributed by atoms with van der Waals surface area (Å²) >= 11 is 9.67. The van der Waals surface area contributed by atoms with Gasteiger partial charge in [0.2, 0.25) is 0 Å². The molecule has 3 rings (SSSR count). The molecule has 0 amide bonds. The zero-order chi connectivity index (χ0) is 12.7. The molecule has 5 heteroatoms. The lowest BCUT2D eigenvalue weighted by atomic mass is 10.1. The number of benzene rings is 1. The van der Waals surface area contributed by atoms with E-state index in [1.54, 1.807) is 6.20 Å². The zero-order valence-electron chi connectivity index (χ0n) is 9.61. The van der Waals surface area contributed by atoms with Crippen molar-refractivity contribution in [2.45, 2.75) is 12.5 Å². The van der Waals surface area contributed by atoms with Crippen molar-refractivity contribution in [3.05, 3.63) is 33.9 Å². The molecule has 1 fully saturated rings. The Morgan fingerprint density at radius 1 is 1.44 bits per heavy atom. The second-order valence-electron chi connectivity index (χ2n) is 4.50. The van der Waals surface area contributed by atoms with E-state index in [2.05, 4.69) is 25.8 Å². The zero-order valence-corrected chi connectivity index (χ0v) is 11.9. The van der Waals surface area contributed by atoms with Gasteiger partial charge in [-0.15, -0.1) is 0 Å². The molecule has 0 saturated carbocycles. The number of nitrogens with zero attached hydrogens (tertiary/aromatic N) is 2. The van der Waals surface area contributed by atoms with Crippen LogP contribution in [0.1, 0.15) is 6.42 Å². The summed E-state index contributed by atoms with van der Waals surface area (Å²) < 4.78 is 0.939. The minimum Gasteiger partial charge on any atom is -0.391 e. The Labute approximate surface area is 119 Å². The smallest absolute Gasteiger partial charge is 0.0909 e. The van der Waals surface area contributed by atoms with Crippen LogP contribution in [-0.4, -0.2) is 29.3 Å². The molecule has 1 aliphatic heterocycles. The first kappa shape index (κ1) is 12.2. The molecule has 94 valence electrons. The molecule has 0 aliphatic carbocycles. The summed E-state index contributed by atoms with van der Waals surface area (Å²) in [5.74, 6) is 0. The van der Waals surface area contributed by atoms with Crippen molar-refractivity contribution in [3.8, 4) is 0 Å². The van der Waals surface area contributed by atoms with Crippen LogP contribution < -0.4 is 4.90 Å². The second-order valence-corrected chi connectivity index (χ2v) is 5.83. The summed E-state index contributed by atoms with van der Waals surface area (Å²) in [5.41, 5.74) is 1.89. The van der Waals surface area contributed by atoms with Crippen LogP contribution in [-0.2, 0) is 0 Å². The predicted octanol–water partition coefficient (Wildman–Crippen LogP) is 3.22. The molecular formula is C13H12BrClN2O. The number of rotatable bonds is 1. The van der Waals surface area contributed by atoms with Crippen molar-refractivity contribution >= 4 is 44.1 Å². The van der Waals surface area contributed by atoms with Crippen molar-refractivity contribution in [2.75, 3.05) is 18.0 Å². The highest BCUT2D eigenvalue weighted by Gasteiger charge is 2.22. The number of hydrogen-bond donors (Lipinski definition) is 1. The van der Waals surface area contributed by atoms with Gasteiger partial charge in [0, 0.05) is 34.8 Å². The summed E-state index contributed by atoms with van der Waals surface area (Å²) in [4.78, 5) is 6.51. The maximum atomic E-state index is 9.65. The number of halogens is 2. The molecule has 18 heavy (non-hydrogen) atoms. The van der Waals surface area contributed by atoms with Gasteiger partial charge in [0.25, 0.3) is 0 Å². The van der Waals surface area contributed by atoms with Gasteiger partial charge in [-0.2, -0.15) is 0 Å². The summed E-state index contributed by atoms with van der Waals surface area (Å²) in [6.45, 7) is 1.54. The Bertz CT molecular complexity index is 605. The molecule has 1 aromatic heterocycles. The number of β-amino-alcohol motifs (C(OH)–C–C–N with tert-alkyl or cyclic N) is 1. The molecular weight excluding hydrogens is 316 g/mol. The first-order chi connectivity index (χ1) is 8.65. The highest BCUT2D eigenvalue weighted by Crippen LogP contribution is 2.34. The summed E-state index contributed by atoms with van der Waals surface area (Å²) in [5, 5.41) is 11.3. The van der Waals surface area contributed by atoms with Crippen molar-refractivity contribution < 1.29 is 5.11 Å². The average molecular weight is 328 g/mol. The van der Waals surface area contributed by atoms with Crippen LogP contribution in [0.25, 0.3) is 10.9 Å². The highest BCUT2D eigenvalue weighted by atomic mass is 79.9. The van der Waals surface area contributed by atoms with Crippen molar-refractivity contribution in [2.24, 2.45) is 0 Å². The van der Waals surface area contributed by atoms with Crippen LogP contribution in [0.2, 0.25) is 5.02 Å². The Kier molecular flexibility index (Phi) is 3.18. The van der Waals surface area contributed by atoms with Crippen LogP contribution in [0.3, 0.4) is 0 Å². The lowest BCUT2D eigenvalue weighted by molar-refractivity contribution is 0.198. The van der Waals surface area contributed by atoms with E-state index in [0.29, 0.717) is 11.6 Å². The summed E-state index contributed by atoms with van der Waals surface area (Å²) in [6.07, 6.45) is 2.34. The van der Waals surface area contributed by atoms with E-state index >= 15 is 0 Å². The van der Waals surface area contributed by atoms with Crippen LogP contribution >= 0.6 is 27.5 Å². The van der Waals surface area contributed by atoms with Gasteiger partial charge in [0.05, 0.1) is 16.6 Å². The predicted molar refractivity (Wildman–Crippen MR) is 77.3 cm³/mol. The lowest BCUT2D eigenvalue weighted by Gasteiger charge is -2.20. The minimum absolute atomic E-state index is 0.240. The fraction of sp³-hybridized carbons (Fsp3) is 0.308. The highest BCUT2D eigenvalue weighted by molar-refractivity contribution is 9.10. The summed E-state index contributed by atoms with van der Waals surface area (Å²) in [6, 6.07) is 5.84. The number of anilines is 1. The number of aliphatic hydroxyl groups excluding tert-OH is 1. The molecule has 1 aromatic carbocycles.